The number of nitriles is 1. The number of aliphatic imine (C=N–C) groups is 1. The second-order valence-corrected chi connectivity index (χ2v) is 2.79. The van der Waals surface area contributed by atoms with Crippen molar-refractivity contribution in [2.75, 3.05) is 27.3 Å². The zero-order chi connectivity index (χ0) is 16.1. The molecule has 0 aliphatic rings. The summed E-state index contributed by atoms with van der Waals surface area (Å²) in [7, 11) is 3.01. The van der Waals surface area contributed by atoms with E-state index < -0.39 is 6.29 Å². The fraction of sp³-hybridized carbons (Fsp3) is 0.727. The number of halogens is 2. The van der Waals surface area contributed by atoms with Crippen LogP contribution in [-0.4, -0.2) is 46.2 Å². The van der Waals surface area contributed by atoms with Crippen molar-refractivity contribution in [2.45, 2.75) is 26.6 Å². The number of carbonyl (C=O) groups is 1. The lowest BCUT2D eigenvalue weighted by Gasteiger charge is -2.13. The molecular formula is C11H23I2N3O3. The fourth-order valence-corrected chi connectivity index (χ4v) is 0.618. The lowest BCUT2D eigenvalue weighted by Crippen LogP contribution is -2.35. The van der Waals surface area contributed by atoms with Gasteiger partial charge in [0.2, 0.25) is 5.91 Å². The molecule has 0 aromatic rings. The molecule has 6 nitrogen and oxygen atoms in total. The van der Waals surface area contributed by atoms with Crippen molar-refractivity contribution in [1.82, 2.24) is 5.32 Å². The minimum atomic E-state index is -0.404. The molecule has 19 heavy (non-hydrogen) atoms. The molecule has 1 N–H and O–H groups in total. The Hall–Kier alpha value is 0.01000. The molecule has 0 saturated carbocycles. The number of rotatable bonds is 6. The van der Waals surface area contributed by atoms with E-state index in [1.807, 2.05) is 0 Å². The molecule has 0 bridgehead atoms. The van der Waals surface area contributed by atoms with Gasteiger partial charge in [-0.05, 0) is 6.72 Å². The third-order valence-electron chi connectivity index (χ3n) is 1.25. The minimum Gasteiger partial charge on any atom is -0.354 e. The summed E-state index contributed by atoms with van der Waals surface area (Å²) in [4.78, 5) is 14.2. The second kappa shape index (κ2) is 30.8. The predicted molar refractivity (Wildman–Crippen MR) is 95.9 cm³/mol. The van der Waals surface area contributed by atoms with Crippen LogP contribution in [0, 0.1) is 11.8 Å². The van der Waals surface area contributed by atoms with Crippen LogP contribution in [0.4, 0.5) is 0 Å². The molecule has 0 spiro atoms. The van der Waals surface area contributed by atoms with E-state index in [1.165, 1.54) is 20.6 Å². The number of hydrogen-bond acceptors (Lipinski definition) is 5. The summed E-state index contributed by atoms with van der Waals surface area (Å²) in [5, 5.41) is 9.06. The first-order chi connectivity index (χ1) is 9.15. The van der Waals surface area contributed by atoms with Gasteiger partial charge < -0.3 is 14.8 Å². The highest BCUT2D eigenvalue weighted by Gasteiger charge is 2.06. The summed E-state index contributed by atoms with van der Waals surface area (Å²) in [5.74, 6) is -0.191. The number of methoxy groups -OCH3 is 2. The highest BCUT2D eigenvalue weighted by Crippen LogP contribution is 1.89. The lowest BCUT2D eigenvalue weighted by molar-refractivity contribution is -0.126. The normalized spacial score (nSPS) is 7.63. The molecule has 0 unspecified atom stereocenters. The summed E-state index contributed by atoms with van der Waals surface area (Å²) < 4.78 is 9.69. The summed E-state index contributed by atoms with van der Waals surface area (Å²) >= 11 is 4.24. The van der Waals surface area contributed by atoms with Crippen LogP contribution in [0.5, 0.6) is 0 Å². The zero-order valence-corrected chi connectivity index (χ0v) is 16.2. The van der Waals surface area contributed by atoms with E-state index in [1.54, 1.807) is 0 Å². The number of hydrogen-bond donors (Lipinski definition) is 1. The maximum absolute atomic E-state index is 10.8. The van der Waals surface area contributed by atoms with Crippen LogP contribution in [0.2, 0.25) is 0 Å². The SMILES string of the molecule is C#N.C=NCC(=O)NCC(OC)OC.CCC.II. The van der Waals surface area contributed by atoms with Crippen LogP contribution in [0.15, 0.2) is 4.99 Å². The van der Waals surface area contributed by atoms with Crippen molar-refractivity contribution in [2.24, 2.45) is 4.99 Å². The third-order valence-corrected chi connectivity index (χ3v) is 1.25. The Kier molecular flexibility index (Phi) is 44.3. The molecule has 8 heteroatoms. The molecule has 114 valence electrons. The van der Waals surface area contributed by atoms with Crippen LogP contribution in [-0.2, 0) is 14.3 Å². The zero-order valence-electron chi connectivity index (χ0n) is 11.9. The maximum Gasteiger partial charge on any atom is 0.241 e. The topological polar surface area (TPSA) is 83.7 Å². The molecule has 0 rings (SSSR count). The number of ether oxygens (including phenoxy) is 2. The first-order valence-electron chi connectivity index (χ1n) is 5.31. The number of amides is 1. The van der Waals surface area contributed by atoms with Crippen LogP contribution in [0.1, 0.15) is 20.3 Å². The number of nitrogens with zero attached hydrogens (tertiary/aromatic N) is 2. The van der Waals surface area contributed by atoms with Gasteiger partial charge in [-0.2, -0.15) is 0 Å². The smallest absolute Gasteiger partial charge is 0.241 e. The van der Waals surface area contributed by atoms with Crippen molar-refractivity contribution < 1.29 is 14.3 Å². The largest absolute Gasteiger partial charge is 0.354 e. The standard InChI is InChI=1S/C7H14N2O3.C3H8.CHN.I2/c1-8-4-6(10)9-5-7(11-2)12-3;1-3-2;2*1-2/h7H,1,4-5H2,2-3H3,(H,9,10);3H2,1-2H3;1H;. The van der Waals surface area contributed by atoms with Crippen molar-refractivity contribution in [3.05, 3.63) is 0 Å². The first-order valence-corrected chi connectivity index (χ1v) is 11.6. The summed E-state index contributed by atoms with van der Waals surface area (Å²) in [5.41, 5.74) is 0. The average Bonchev–Trinajstić information content (AvgIpc) is 2.45. The monoisotopic (exact) mass is 499 g/mol. The summed E-state index contributed by atoms with van der Waals surface area (Å²) in [6, 6.07) is 0. The van der Waals surface area contributed by atoms with Crippen molar-refractivity contribution in [3.8, 4) is 6.57 Å². The van der Waals surface area contributed by atoms with E-state index in [0.29, 0.717) is 6.54 Å². The van der Waals surface area contributed by atoms with Gasteiger partial charge in [-0.3, -0.25) is 9.79 Å². The van der Waals surface area contributed by atoms with Crippen LogP contribution in [0.25, 0.3) is 0 Å². The molecule has 0 atom stereocenters. The van der Waals surface area contributed by atoms with Gasteiger partial charge in [0, 0.05) is 58.0 Å². The van der Waals surface area contributed by atoms with Gasteiger partial charge in [-0.1, -0.05) is 20.3 Å². The van der Waals surface area contributed by atoms with Gasteiger partial charge in [-0.25, -0.2) is 5.26 Å². The Morgan fingerprint density at radius 3 is 2.00 bits per heavy atom. The molecule has 0 aromatic heterocycles. The molecule has 0 aromatic carbocycles. The molecule has 0 saturated heterocycles. The van der Waals surface area contributed by atoms with Gasteiger partial charge in [0.1, 0.15) is 6.54 Å². The summed E-state index contributed by atoms with van der Waals surface area (Å²) in [6.45, 7) is 11.3. The molecule has 0 heterocycles. The molecular weight excluding hydrogens is 476 g/mol. The predicted octanol–water partition coefficient (Wildman–Crippen LogP) is 2.75. The highest BCUT2D eigenvalue weighted by atomic mass is 128. The minimum absolute atomic E-state index is 0.0696. The Bertz CT molecular complexity index is 201. The van der Waals surface area contributed by atoms with E-state index in [2.05, 4.69) is 74.7 Å². The Morgan fingerprint density at radius 2 is 1.74 bits per heavy atom. The van der Waals surface area contributed by atoms with E-state index in [-0.39, 0.29) is 12.5 Å². The number of carbonyl (C=O) groups excluding carboxylic acids is 1. The van der Waals surface area contributed by atoms with Gasteiger partial charge in [0.15, 0.2) is 6.29 Å². The molecule has 0 aliphatic carbocycles. The van der Waals surface area contributed by atoms with Crippen molar-refractivity contribution in [1.29, 1.82) is 5.26 Å². The second-order valence-electron chi connectivity index (χ2n) is 2.79. The first kappa shape index (κ1) is 27.4. The lowest BCUT2D eigenvalue weighted by atomic mass is 10.5. The van der Waals surface area contributed by atoms with Gasteiger partial charge in [-0.15, -0.1) is 0 Å². The van der Waals surface area contributed by atoms with E-state index in [0.717, 1.165) is 0 Å². The van der Waals surface area contributed by atoms with Gasteiger partial charge >= 0.3 is 0 Å². The quantitative estimate of drug-likeness (QED) is 0.346. The van der Waals surface area contributed by atoms with E-state index in [4.69, 9.17) is 14.7 Å². The Balaban J connectivity index is -0.000000136. The average molecular weight is 499 g/mol. The van der Waals surface area contributed by atoms with Gasteiger partial charge in [0.25, 0.3) is 0 Å². The Labute approximate surface area is 139 Å². The molecule has 1 amide bonds. The highest BCUT2D eigenvalue weighted by molar-refractivity contribution is 15.0. The van der Waals surface area contributed by atoms with Crippen molar-refractivity contribution in [3.63, 3.8) is 0 Å². The number of nitrogens with one attached hydrogen (secondary N) is 1. The van der Waals surface area contributed by atoms with Crippen LogP contribution in [0.3, 0.4) is 0 Å². The van der Waals surface area contributed by atoms with Crippen LogP contribution < -0.4 is 5.32 Å². The van der Waals surface area contributed by atoms with E-state index >= 15 is 0 Å². The third kappa shape index (κ3) is 32.0. The van der Waals surface area contributed by atoms with Crippen LogP contribution >= 0.6 is 37.2 Å². The van der Waals surface area contributed by atoms with Crippen molar-refractivity contribution >= 4 is 49.9 Å². The fourth-order valence-electron chi connectivity index (χ4n) is 0.618. The Morgan fingerprint density at radius 1 is 1.37 bits per heavy atom. The maximum atomic E-state index is 10.8. The van der Waals surface area contributed by atoms with E-state index in [9.17, 15) is 4.79 Å². The molecule has 0 aliphatic heterocycles. The molecule has 0 fully saturated rings. The summed E-state index contributed by atoms with van der Waals surface area (Å²) in [6.07, 6.45) is 0.846. The van der Waals surface area contributed by atoms with Gasteiger partial charge in [0.05, 0.1) is 6.54 Å². The molecule has 0 radical (unpaired) electrons.